The first-order valence-electron chi connectivity index (χ1n) is 8.24. The van der Waals surface area contributed by atoms with Crippen LogP contribution in [0.25, 0.3) is 0 Å². The Bertz CT molecular complexity index is 641. The molecule has 0 saturated carbocycles. The Balaban J connectivity index is 1.46. The Morgan fingerprint density at radius 2 is 1.75 bits per heavy atom. The van der Waals surface area contributed by atoms with Gasteiger partial charge in [0, 0.05) is 45.6 Å². The molecule has 3 rings (SSSR count). The molecule has 0 aromatic carbocycles. The first-order chi connectivity index (χ1) is 11.7. The number of nitrogens with zero attached hydrogens (tertiary/aromatic N) is 5. The van der Waals surface area contributed by atoms with Gasteiger partial charge in [-0.3, -0.25) is 14.7 Å². The smallest absolute Gasteiger partial charge is 0.236 e. The SMILES string of the molecule is CN(Cc1ccccn1)C(=O)CN1CCN(c2ccccn2)CC1. The van der Waals surface area contributed by atoms with Crippen LogP contribution in [0, 0.1) is 0 Å². The molecular weight excluding hydrogens is 302 g/mol. The number of amides is 1. The van der Waals surface area contributed by atoms with Gasteiger partial charge in [-0.25, -0.2) is 4.98 Å². The molecule has 2 aromatic rings. The van der Waals surface area contributed by atoms with Crippen molar-refractivity contribution in [2.75, 3.05) is 44.7 Å². The van der Waals surface area contributed by atoms with Crippen molar-refractivity contribution >= 4 is 11.7 Å². The number of carbonyl (C=O) groups excluding carboxylic acids is 1. The highest BCUT2D eigenvalue weighted by Crippen LogP contribution is 2.12. The van der Waals surface area contributed by atoms with Gasteiger partial charge in [0.25, 0.3) is 0 Å². The largest absolute Gasteiger partial charge is 0.354 e. The predicted molar refractivity (Wildman–Crippen MR) is 93.6 cm³/mol. The molecule has 0 aliphatic carbocycles. The maximum absolute atomic E-state index is 12.4. The quantitative estimate of drug-likeness (QED) is 0.828. The Kier molecular flexibility index (Phi) is 5.38. The highest BCUT2D eigenvalue weighted by atomic mass is 16.2. The zero-order valence-corrected chi connectivity index (χ0v) is 14.0. The lowest BCUT2D eigenvalue weighted by molar-refractivity contribution is -0.131. The van der Waals surface area contributed by atoms with E-state index in [4.69, 9.17) is 0 Å². The lowest BCUT2D eigenvalue weighted by Gasteiger charge is -2.35. The highest BCUT2D eigenvalue weighted by Gasteiger charge is 2.21. The molecule has 1 aliphatic heterocycles. The van der Waals surface area contributed by atoms with Crippen LogP contribution in [-0.2, 0) is 11.3 Å². The number of anilines is 1. The van der Waals surface area contributed by atoms with Crippen LogP contribution in [0.15, 0.2) is 48.8 Å². The van der Waals surface area contributed by atoms with E-state index in [2.05, 4.69) is 19.8 Å². The first-order valence-corrected chi connectivity index (χ1v) is 8.24. The van der Waals surface area contributed by atoms with E-state index in [1.54, 1.807) is 11.1 Å². The van der Waals surface area contributed by atoms with Crippen molar-refractivity contribution in [1.82, 2.24) is 19.8 Å². The second-order valence-electron chi connectivity index (χ2n) is 6.02. The van der Waals surface area contributed by atoms with Crippen molar-refractivity contribution in [2.45, 2.75) is 6.54 Å². The topological polar surface area (TPSA) is 52.6 Å². The second kappa shape index (κ2) is 7.88. The summed E-state index contributed by atoms with van der Waals surface area (Å²) in [7, 11) is 1.83. The van der Waals surface area contributed by atoms with Crippen molar-refractivity contribution < 1.29 is 4.79 Å². The summed E-state index contributed by atoms with van der Waals surface area (Å²) in [4.78, 5) is 27.3. The molecule has 3 heterocycles. The highest BCUT2D eigenvalue weighted by molar-refractivity contribution is 5.78. The fourth-order valence-electron chi connectivity index (χ4n) is 2.81. The number of hydrogen-bond acceptors (Lipinski definition) is 5. The van der Waals surface area contributed by atoms with Gasteiger partial charge >= 0.3 is 0 Å². The molecule has 0 N–H and O–H groups in total. The van der Waals surface area contributed by atoms with Crippen molar-refractivity contribution in [3.05, 3.63) is 54.5 Å². The van der Waals surface area contributed by atoms with Gasteiger partial charge in [0.15, 0.2) is 0 Å². The summed E-state index contributed by atoms with van der Waals surface area (Å²) >= 11 is 0. The van der Waals surface area contributed by atoms with Crippen molar-refractivity contribution in [1.29, 1.82) is 0 Å². The first kappa shape index (κ1) is 16.4. The van der Waals surface area contributed by atoms with Gasteiger partial charge in [0.05, 0.1) is 18.8 Å². The summed E-state index contributed by atoms with van der Waals surface area (Å²) in [6.07, 6.45) is 3.57. The van der Waals surface area contributed by atoms with Gasteiger partial charge in [-0.2, -0.15) is 0 Å². The fourth-order valence-corrected chi connectivity index (χ4v) is 2.81. The van der Waals surface area contributed by atoms with Crippen molar-refractivity contribution in [3.8, 4) is 0 Å². The zero-order valence-electron chi connectivity index (χ0n) is 14.0. The van der Waals surface area contributed by atoms with Gasteiger partial charge in [-0.15, -0.1) is 0 Å². The van der Waals surface area contributed by atoms with Crippen LogP contribution in [0.5, 0.6) is 0 Å². The van der Waals surface area contributed by atoms with E-state index in [0.29, 0.717) is 13.1 Å². The molecule has 0 atom stereocenters. The lowest BCUT2D eigenvalue weighted by atomic mass is 10.3. The predicted octanol–water partition coefficient (Wildman–Crippen LogP) is 1.26. The molecule has 6 heteroatoms. The minimum atomic E-state index is 0.131. The minimum absolute atomic E-state index is 0.131. The van der Waals surface area contributed by atoms with Gasteiger partial charge < -0.3 is 9.80 Å². The molecule has 1 aliphatic rings. The number of pyridine rings is 2. The minimum Gasteiger partial charge on any atom is -0.354 e. The zero-order chi connectivity index (χ0) is 16.8. The maximum atomic E-state index is 12.4. The number of rotatable bonds is 5. The van der Waals surface area contributed by atoms with Crippen LogP contribution in [0.3, 0.4) is 0 Å². The van der Waals surface area contributed by atoms with Gasteiger partial charge in [-0.1, -0.05) is 12.1 Å². The van der Waals surface area contributed by atoms with E-state index in [1.807, 2.05) is 49.6 Å². The molecule has 1 fully saturated rings. The molecule has 0 bridgehead atoms. The molecule has 1 saturated heterocycles. The van der Waals surface area contributed by atoms with Gasteiger partial charge in [-0.05, 0) is 24.3 Å². The Morgan fingerprint density at radius 3 is 2.38 bits per heavy atom. The van der Waals surface area contributed by atoms with Gasteiger partial charge in [0.1, 0.15) is 5.82 Å². The molecule has 2 aromatic heterocycles. The second-order valence-corrected chi connectivity index (χ2v) is 6.02. The van der Waals surface area contributed by atoms with E-state index in [0.717, 1.165) is 37.7 Å². The number of likely N-dealkylation sites (N-methyl/N-ethyl adjacent to an activating group) is 1. The molecule has 0 spiro atoms. The lowest BCUT2D eigenvalue weighted by Crippen LogP contribution is -2.49. The molecule has 6 nitrogen and oxygen atoms in total. The fraction of sp³-hybridized carbons (Fsp3) is 0.389. The molecular formula is C18H23N5O. The van der Waals surface area contributed by atoms with E-state index < -0.39 is 0 Å². The van der Waals surface area contributed by atoms with E-state index in [9.17, 15) is 4.79 Å². The number of hydrogen-bond donors (Lipinski definition) is 0. The number of aromatic nitrogens is 2. The van der Waals surface area contributed by atoms with Crippen LogP contribution in [0.1, 0.15) is 5.69 Å². The van der Waals surface area contributed by atoms with Crippen LogP contribution in [-0.4, -0.2) is 65.4 Å². The Labute approximate surface area is 142 Å². The third kappa shape index (κ3) is 4.29. The normalized spacial score (nSPS) is 15.3. The van der Waals surface area contributed by atoms with Crippen LogP contribution in [0.4, 0.5) is 5.82 Å². The number of carbonyl (C=O) groups is 1. The summed E-state index contributed by atoms with van der Waals surface area (Å²) in [5.41, 5.74) is 0.910. The van der Waals surface area contributed by atoms with Gasteiger partial charge in [0.2, 0.25) is 5.91 Å². The van der Waals surface area contributed by atoms with Crippen LogP contribution >= 0.6 is 0 Å². The van der Waals surface area contributed by atoms with Crippen molar-refractivity contribution in [3.63, 3.8) is 0 Å². The third-order valence-corrected chi connectivity index (χ3v) is 4.26. The van der Waals surface area contributed by atoms with Crippen LogP contribution < -0.4 is 4.90 Å². The summed E-state index contributed by atoms with van der Waals surface area (Å²) in [6, 6.07) is 11.7. The Hall–Kier alpha value is -2.47. The third-order valence-electron chi connectivity index (χ3n) is 4.26. The average molecular weight is 325 g/mol. The summed E-state index contributed by atoms with van der Waals surface area (Å²) < 4.78 is 0. The summed E-state index contributed by atoms with van der Waals surface area (Å²) in [5.74, 6) is 1.14. The summed E-state index contributed by atoms with van der Waals surface area (Å²) in [5, 5.41) is 0. The molecule has 0 unspecified atom stereocenters. The summed E-state index contributed by atoms with van der Waals surface area (Å²) in [6.45, 7) is 4.55. The molecule has 0 radical (unpaired) electrons. The maximum Gasteiger partial charge on any atom is 0.236 e. The average Bonchev–Trinajstić information content (AvgIpc) is 2.64. The van der Waals surface area contributed by atoms with Crippen molar-refractivity contribution in [2.24, 2.45) is 0 Å². The standard InChI is InChI=1S/C18H23N5O/c1-21(14-16-6-2-4-8-19-16)18(24)15-22-10-12-23(13-11-22)17-7-3-5-9-20-17/h2-9H,10-15H2,1H3. The molecule has 24 heavy (non-hydrogen) atoms. The number of piperazine rings is 1. The Morgan fingerprint density at radius 1 is 1.04 bits per heavy atom. The molecule has 126 valence electrons. The van der Waals surface area contributed by atoms with Crippen LogP contribution in [0.2, 0.25) is 0 Å². The molecule has 1 amide bonds. The van der Waals surface area contributed by atoms with E-state index >= 15 is 0 Å². The monoisotopic (exact) mass is 325 g/mol. The van der Waals surface area contributed by atoms with E-state index in [1.165, 1.54) is 0 Å². The van der Waals surface area contributed by atoms with E-state index in [-0.39, 0.29) is 5.91 Å².